The number of phenols is 1. The van der Waals surface area contributed by atoms with Gasteiger partial charge in [0, 0.05) is 19.6 Å². The molecule has 0 bridgehead atoms. The van der Waals surface area contributed by atoms with Crippen molar-refractivity contribution in [3.05, 3.63) is 51.5 Å². The number of nitrogens with zero attached hydrogens (tertiary/aromatic N) is 1. The van der Waals surface area contributed by atoms with Crippen LogP contribution < -0.4 is 9.47 Å². The summed E-state index contributed by atoms with van der Waals surface area (Å²) in [6.45, 7) is 2.85. The Kier molecular flexibility index (Phi) is 6.14. The fourth-order valence-corrected chi connectivity index (χ4v) is 3.36. The van der Waals surface area contributed by atoms with Gasteiger partial charge in [0.2, 0.25) is 5.75 Å². The molecule has 2 aromatic rings. The van der Waals surface area contributed by atoms with Gasteiger partial charge in [0.15, 0.2) is 11.5 Å². The van der Waals surface area contributed by atoms with Gasteiger partial charge in [0.1, 0.15) is 0 Å². The number of halogens is 2. The molecule has 0 radical (unpaired) electrons. The van der Waals surface area contributed by atoms with Gasteiger partial charge in [-0.25, -0.2) is 0 Å². The number of aromatic hydroxyl groups is 1. The molecule has 0 spiro atoms. The lowest BCUT2D eigenvalue weighted by Crippen LogP contribution is -2.37. The van der Waals surface area contributed by atoms with E-state index in [1.165, 1.54) is 14.2 Å². The van der Waals surface area contributed by atoms with Crippen molar-refractivity contribution >= 4 is 23.2 Å². The summed E-state index contributed by atoms with van der Waals surface area (Å²) in [5.41, 5.74) is 2.00. The lowest BCUT2D eigenvalue weighted by Gasteiger charge is -2.33. The molecular formula is C19H21Cl2NO4. The molecule has 26 heavy (non-hydrogen) atoms. The smallest absolute Gasteiger partial charge is 0.200 e. The molecule has 3 rings (SSSR count). The van der Waals surface area contributed by atoms with E-state index >= 15 is 0 Å². The Bertz CT molecular complexity index is 759. The quantitative estimate of drug-likeness (QED) is 0.815. The second kappa shape index (κ2) is 8.35. The number of methoxy groups -OCH3 is 2. The van der Waals surface area contributed by atoms with Crippen LogP contribution in [0.1, 0.15) is 17.2 Å². The highest BCUT2D eigenvalue weighted by Crippen LogP contribution is 2.37. The van der Waals surface area contributed by atoms with Gasteiger partial charge in [-0.15, -0.1) is 0 Å². The van der Waals surface area contributed by atoms with Crippen LogP contribution in [0.5, 0.6) is 17.2 Å². The van der Waals surface area contributed by atoms with Crippen LogP contribution in [0.2, 0.25) is 10.0 Å². The van der Waals surface area contributed by atoms with Gasteiger partial charge in [0.25, 0.3) is 0 Å². The van der Waals surface area contributed by atoms with Crippen molar-refractivity contribution < 1.29 is 19.3 Å². The molecule has 0 unspecified atom stereocenters. The second-order valence-corrected chi connectivity index (χ2v) is 6.93. The van der Waals surface area contributed by atoms with Gasteiger partial charge in [-0.1, -0.05) is 29.3 Å². The average Bonchev–Trinajstić information content (AvgIpc) is 2.65. The van der Waals surface area contributed by atoms with Crippen molar-refractivity contribution in [1.82, 2.24) is 4.90 Å². The number of morpholine rings is 1. The summed E-state index contributed by atoms with van der Waals surface area (Å²) in [6.07, 6.45) is -0.0700. The number of rotatable bonds is 5. The zero-order valence-electron chi connectivity index (χ0n) is 14.7. The van der Waals surface area contributed by atoms with E-state index in [1.54, 1.807) is 6.07 Å². The molecular weight excluding hydrogens is 377 g/mol. The number of phenolic OH excluding ortho intramolecular Hbond substituents is 1. The molecule has 0 saturated carbocycles. The van der Waals surface area contributed by atoms with Crippen molar-refractivity contribution in [2.75, 3.05) is 33.9 Å². The lowest BCUT2D eigenvalue weighted by atomic mass is 10.1. The number of hydrogen-bond donors (Lipinski definition) is 1. The molecule has 5 nitrogen and oxygen atoms in total. The van der Waals surface area contributed by atoms with Crippen LogP contribution in [0.25, 0.3) is 0 Å². The summed E-state index contributed by atoms with van der Waals surface area (Å²) in [4.78, 5) is 2.28. The average molecular weight is 398 g/mol. The predicted octanol–water partition coefficient (Wildman–Crippen LogP) is 4.29. The van der Waals surface area contributed by atoms with E-state index < -0.39 is 0 Å². The zero-order chi connectivity index (χ0) is 18.7. The van der Waals surface area contributed by atoms with Crippen LogP contribution in [0.4, 0.5) is 0 Å². The highest BCUT2D eigenvalue weighted by molar-refractivity contribution is 6.42. The Morgan fingerprint density at radius 1 is 1.12 bits per heavy atom. The predicted molar refractivity (Wildman–Crippen MR) is 102 cm³/mol. The molecule has 1 fully saturated rings. The number of hydrogen-bond acceptors (Lipinski definition) is 5. The van der Waals surface area contributed by atoms with Crippen LogP contribution in [0, 0.1) is 0 Å². The Morgan fingerprint density at radius 2 is 1.81 bits per heavy atom. The van der Waals surface area contributed by atoms with Gasteiger partial charge >= 0.3 is 0 Å². The van der Waals surface area contributed by atoms with E-state index in [2.05, 4.69) is 4.90 Å². The molecule has 0 aliphatic carbocycles. The van der Waals surface area contributed by atoms with Crippen LogP contribution >= 0.6 is 23.2 Å². The lowest BCUT2D eigenvalue weighted by molar-refractivity contribution is -0.0329. The third-order valence-corrected chi connectivity index (χ3v) is 5.15. The second-order valence-electron chi connectivity index (χ2n) is 6.12. The topological polar surface area (TPSA) is 51.2 Å². The van der Waals surface area contributed by atoms with Gasteiger partial charge in [-0.2, -0.15) is 0 Å². The molecule has 0 amide bonds. The fraction of sp³-hybridized carbons (Fsp3) is 0.368. The largest absolute Gasteiger partial charge is 0.502 e. The van der Waals surface area contributed by atoms with E-state index in [9.17, 15) is 5.11 Å². The summed E-state index contributed by atoms with van der Waals surface area (Å²) >= 11 is 12.1. The Balaban J connectivity index is 1.75. The molecule has 1 N–H and O–H groups in total. The van der Waals surface area contributed by atoms with Crippen LogP contribution in [-0.2, 0) is 11.3 Å². The highest BCUT2D eigenvalue weighted by atomic mass is 35.5. The first-order chi connectivity index (χ1) is 12.5. The highest BCUT2D eigenvalue weighted by Gasteiger charge is 2.23. The first-order valence-corrected chi connectivity index (χ1v) is 9.00. The normalized spacial score (nSPS) is 17.9. The standard InChI is InChI=1S/C19H21Cl2NO4/c1-24-16-7-12(8-17(25-2)19(16)23)10-22-5-6-26-18(11-22)13-3-4-14(20)15(21)9-13/h3-4,7-9,18,23H,5-6,10-11H2,1-2H3/t18-/m0/s1. The molecule has 1 aliphatic rings. The summed E-state index contributed by atoms with van der Waals surface area (Å²) in [5, 5.41) is 11.1. The summed E-state index contributed by atoms with van der Waals surface area (Å²) in [6, 6.07) is 9.22. The Morgan fingerprint density at radius 3 is 2.42 bits per heavy atom. The van der Waals surface area contributed by atoms with E-state index in [4.69, 9.17) is 37.4 Å². The third-order valence-electron chi connectivity index (χ3n) is 4.41. The molecule has 140 valence electrons. The van der Waals surface area contributed by atoms with Crippen molar-refractivity contribution in [3.63, 3.8) is 0 Å². The molecule has 7 heteroatoms. The van der Waals surface area contributed by atoms with Gasteiger partial charge in [-0.05, 0) is 35.4 Å². The third kappa shape index (κ3) is 4.18. The van der Waals surface area contributed by atoms with Crippen LogP contribution in [0.3, 0.4) is 0 Å². The molecule has 1 saturated heterocycles. The van der Waals surface area contributed by atoms with Crippen molar-refractivity contribution in [2.24, 2.45) is 0 Å². The zero-order valence-corrected chi connectivity index (χ0v) is 16.2. The van der Waals surface area contributed by atoms with E-state index in [1.807, 2.05) is 24.3 Å². The minimum absolute atomic E-state index is 0.00871. The van der Waals surface area contributed by atoms with Gasteiger partial charge < -0.3 is 19.3 Å². The van der Waals surface area contributed by atoms with Crippen molar-refractivity contribution in [2.45, 2.75) is 12.6 Å². The molecule has 2 aromatic carbocycles. The monoisotopic (exact) mass is 397 g/mol. The first kappa shape index (κ1) is 19.1. The van der Waals surface area contributed by atoms with Crippen LogP contribution in [-0.4, -0.2) is 43.9 Å². The Hall–Kier alpha value is -1.66. The maximum Gasteiger partial charge on any atom is 0.200 e. The molecule has 1 aliphatic heterocycles. The molecule has 1 atom stereocenters. The van der Waals surface area contributed by atoms with Crippen LogP contribution in [0.15, 0.2) is 30.3 Å². The molecule has 0 aromatic heterocycles. The summed E-state index contributed by atoms with van der Waals surface area (Å²) in [7, 11) is 3.04. The van der Waals surface area contributed by atoms with Crippen molar-refractivity contribution in [1.29, 1.82) is 0 Å². The first-order valence-electron chi connectivity index (χ1n) is 8.24. The minimum Gasteiger partial charge on any atom is -0.502 e. The Labute approximate surface area is 163 Å². The van der Waals surface area contributed by atoms with E-state index in [0.717, 1.165) is 24.2 Å². The maximum atomic E-state index is 10.1. The molecule has 1 heterocycles. The van der Waals surface area contributed by atoms with Gasteiger partial charge in [-0.3, -0.25) is 4.90 Å². The van der Waals surface area contributed by atoms with Crippen molar-refractivity contribution in [3.8, 4) is 17.2 Å². The minimum atomic E-state index is -0.0700. The number of ether oxygens (including phenoxy) is 3. The maximum absolute atomic E-state index is 10.1. The SMILES string of the molecule is COc1cc(CN2CCO[C@H](c3ccc(Cl)c(Cl)c3)C2)cc(OC)c1O. The fourth-order valence-electron chi connectivity index (χ4n) is 3.06. The van der Waals surface area contributed by atoms with Gasteiger partial charge in [0.05, 0.1) is 37.0 Å². The summed E-state index contributed by atoms with van der Waals surface area (Å²) in [5.74, 6) is 0.802. The number of benzene rings is 2. The van der Waals surface area contributed by atoms with E-state index in [-0.39, 0.29) is 11.9 Å². The summed E-state index contributed by atoms with van der Waals surface area (Å²) < 4.78 is 16.4. The van der Waals surface area contributed by atoms with E-state index in [0.29, 0.717) is 34.7 Å².